The standard InChI is InChI=1S/C11H21NO2/c1-8(11(13)14)7-12-9(2)5-4-6-10(12)3/h8-10H,4-7H2,1-3H3,(H,13,14)/t8?,9-,10+. The van der Waals surface area contributed by atoms with Gasteiger partial charge in [-0.3, -0.25) is 9.69 Å². The number of hydrogen-bond donors (Lipinski definition) is 1. The SMILES string of the molecule is CC(CN1[C@H](C)CCC[C@@H]1C)C(=O)O. The number of hydrogen-bond acceptors (Lipinski definition) is 2. The number of carbonyl (C=O) groups is 1. The Kier molecular flexibility index (Phi) is 3.93. The summed E-state index contributed by atoms with van der Waals surface area (Å²) in [5.74, 6) is -0.937. The number of piperidine rings is 1. The predicted molar refractivity (Wildman–Crippen MR) is 56.3 cm³/mol. The predicted octanol–water partition coefficient (Wildman–Crippen LogP) is 1.97. The van der Waals surface area contributed by atoms with E-state index < -0.39 is 5.97 Å². The van der Waals surface area contributed by atoms with E-state index in [0.29, 0.717) is 18.6 Å². The Hall–Kier alpha value is -0.570. The maximum Gasteiger partial charge on any atom is 0.307 e. The average molecular weight is 199 g/mol. The highest BCUT2D eigenvalue weighted by atomic mass is 16.4. The smallest absolute Gasteiger partial charge is 0.307 e. The lowest BCUT2D eigenvalue weighted by Gasteiger charge is -2.39. The summed E-state index contributed by atoms with van der Waals surface area (Å²) in [5.41, 5.74) is 0. The van der Waals surface area contributed by atoms with Crippen molar-refractivity contribution in [1.82, 2.24) is 4.90 Å². The van der Waals surface area contributed by atoms with Crippen LogP contribution in [0.3, 0.4) is 0 Å². The van der Waals surface area contributed by atoms with Crippen LogP contribution < -0.4 is 0 Å². The molecule has 3 heteroatoms. The van der Waals surface area contributed by atoms with Crippen molar-refractivity contribution >= 4 is 5.97 Å². The first kappa shape index (κ1) is 11.5. The number of carboxylic acid groups (broad SMARTS) is 1. The van der Waals surface area contributed by atoms with Gasteiger partial charge in [-0.1, -0.05) is 13.3 Å². The highest BCUT2D eigenvalue weighted by Gasteiger charge is 2.27. The molecule has 0 aromatic heterocycles. The van der Waals surface area contributed by atoms with Crippen LogP contribution in [0.15, 0.2) is 0 Å². The number of nitrogens with zero attached hydrogens (tertiary/aromatic N) is 1. The van der Waals surface area contributed by atoms with Gasteiger partial charge in [0.05, 0.1) is 5.92 Å². The van der Waals surface area contributed by atoms with E-state index in [-0.39, 0.29) is 5.92 Å². The van der Waals surface area contributed by atoms with Crippen LogP contribution in [0.1, 0.15) is 40.0 Å². The first-order chi connectivity index (χ1) is 6.52. The second-order valence-corrected chi connectivity index (χ2v) is 4.57. The molecule has 1 aliphatic rings. The van der Waals surface area contributed by atoms with Gasteiger partial charge in [-0.2, -0.15) is 0 Å². The molecule has 0 aromatic carbocycles. The second kappa shape index (κ2) is 4.78. The van der Waals surface area contributed by atoms with E-state index in [0.717, 1.165) is 0 Å². The quantitative estimate of drug-likeness (QED) is 0.755. The minimum atomic E-state index is -0.685. The first-order valence-corrected chi connectivity index (χ1v) is 5.51. The molecule has 1 unspecified atom stereocenters. The molecule has 1 heterocycles. The van der Waals surface area contributed by atoms with Gasteiger partial charge in [0.1, 0.15) is 0 Å². The molecular formula is C11H21NO2. The summed E-state index contributed by atoms with van der Waals surface area (Å²) in [6, 6.07) is 1.08. The zero-order valence-electron chi connectivity index (χ0n) is 9.36. The minimum absolute atomic E-state index is 0.252. The largest absolute Gasteiger partial charge is 0.481 e. The van der Waals surface area contributed by atoms with Crippen LogP contribution >= 0.6 is 0 Å². The monoisotopic (exact) mass is 199 g/mol. The van der Waals surface area contributed by atoms with Gasteiger partial charge in [-0.15, -0.1) is 0 Å². The summed E-state index contributed by atoms with van der Waals surface area (Å²) >= 11 is 0. The molecule has 0 spiro atoms. The van der Waals surface area contributed by atoms with Gasteiger partial charge in [0.2, 0.25) is 0 Å². The second-order valence-electron chi connectivity index (χ2n) is 4.57. The van der Waals surface area contributed by atoms with Crippen molar-refractivity contribution in [2.45, 2.75) is 52.1 Å². The Bertz CT molecular complexity index is 195. The van der Waals surface area contributed by atoms with Crippen molar-refractivity contribution in [1.29, 1.82) is 0 Å². The summed E-state index contributed by atoms with van der Waals surface area (Å²) in [5, 5.41) is 8.86. The molecule has 0 amide bonds. The molecule has 0 saturated carbocycles. The molecule has 3 nitrogen and oxygen atoms in total. The first-order valence-electron chi connectivity index (χ1n) is 5.51. The van der Waals surface area contributed by atoms with Crippen molar-refractivity contribution in [2.75, 3.05) is 6.54 Å². The molecule has 0 radical (unpaired) electrons. The van der Waals surface area contributed by atoms with Crippen molar-refractivity contribution < 1.29 is 9.90 Å². The maximum absolute atomic E-state index is 10.8. The fraction of sp³-hybridized carbons (Fsp3) is 0.909. The number of carboxylic acids is 1. The van der Waals surface area contributed by atoms with Gasteiger partial charge in [0.15, 0.2) is 0 Å². The number of rotatable bonds is 3. The van der Waals surface area contributed by atoms with Crippen molar-refractivity contribution in [3.8, 4) is 0 Å². The molecular weight excluding hydrogens is 178 g/mol. The number of likely N-dealkylation sites (tertiary alicyclic amines) is 1. The molecule has 14 heavy (non-hydrogen) atoms. The van der Waals surface area contributed by atoms with E-state index in [9.17, 15) is 4.79 Å². The minimum Gasteiger partial charge on any atom is -0.481 e. The van der Waals surface area contributed by atoms with E-state index in [4.69, 9.17) is 5.11 Å². The van der Waals surface area contributed by atoms with E-state index in [1.165, 1.54) is 19.3 Å². The molecule has 0 aliphatic carbocycles. The van der Waals surface area contributed by atoms with E-state index >= 15 is 0 Å². The van der Waals surface area contributed by atoms with Crippen LogP contribution in [0.25, 0.3) is 0 Å². The maximum atomic E-state index is 10.8. The summed E-state index contributed by atoms with van der Waals surface area (Å²) in [4.78, 5) is 13.1. The van der Waals surface area contributed by atoms with E-state index in [1.807, 2.05) is 0 Å². The normalized spacial score (nSPS) is 31.4. The Morgan fingerprint density at radius 2 is 1.93 bits per heavy atom. The topological polar surface area (TPSA) is 40.5 Å². The summed E-state index contributed by atoms with van der Waals surface area (Å²) in [6.45, 7) is 6.88. The van der Waals surface area contributed by atoms with E-state index in [1.54, 1.807) is 6.92 Å². The summed E-state index contributed by atoms with van der Waals surface area (Å²) < 4.78 is 0. The Morgan fingerprint density at radius 1 is 1.43 bits per heavy atom. The lowest BCUT2D eigenvalue weighted by atomic mass is 9.96. The van der Waals surface area contributed by atoms with Crippen molar-refractivity contribution in [2.24, 2.45) is 5.92 Å². The molecule has 1 rings (SSSR count). The van der Waals surface area contributed by atoms with Gasteiger partial charge < -0.3 is 5.11 Å². The lowest BCUT2D eigenvalue weighted by Crippen LogP contribution is -2.46. The Balaban J connectivity index is 2.51. The Morgan fingerprint density at radius 3 is 2.36 bits per heavy atom. The number of aliphatic carboxylic acids is 1. The molecule has 82 valence electrons. The Labute approximate surface area is 86.1 Å². The lowest BCUT2D eigenvalue weighted by molar-refractivity contribution is -0.142. The van der Waals surface area contributed by atoms with Crippen LogP contribution in [-0.4, -0.2) is 34.6 Å². The molecule has 1 aliphatic heterocycles. The molecule has 3 atom stereocenters. The van der Waals surface area contributed by atoms with Gasteiger partial charge in [0.25, 0.3) is 0 Å². The highest BCUT2D eigenvalue weighted by molar-refractivity contribution is 5.69. The van der Waals surface area contributed by atoms with Crippen LogP contribution in [0.4, 0.5) is 0 Å². The highest BCUT2D eigenvalue weighted by Crippen LogP contribution is 2.23. The van der Waals surface area contributed by atoms with E-state index in [2.05, 4.69) is 18.7 Å². The third kappa shape index (κ3) is 2.71. The van der Waals surface area contributed by atoms with Gasteiger partial charge in [-0.05, 0) is 26.7 Å². The average Bonchev–Trinajstić information content (AvgIpc) is 2.11. The zero-order chi connectivity index (χ0) is 10.7. The molecule has 0 bridgehead atoms. The van der Waals surface area contributed by atoms with Gasteiger partial charge in [-0.25, -0.2) is 0 Å². The van der Waals surface area contributed by atoms with Crippen molar-refractivity contribution in [3.05, 3.63) is 0 Å². The molecule has 1 N–H and O–H groups in total. The fourth-order valence-corrected chi connectivity index (χ4v) is 2.23. The molecule has 1 saturated heterocycles. The summed E-state index contributed by atoms with van der Waals surface area (Å²) in [6.07, 6.45) is 3.69. The third-order valence-electron chi connectivity index (χ3n) is 3.28. The van der Waals surface area contributed by atoms with Crippen LogP contribution in [0, 0.1) is 5.92 Å². The van der Waals surface area contributed by atoms with Crippen LogP contribution in [0.2, 0.25) is 0 Å². The van der Waals surface area contributed by atoms with Gasteiger partial charge in [0, 0.05) is 18.6 Å². The fourth-order valence-electron chi connectivity index (χ4n) is 2.23. The molecule has 0 aromatic rings. The molecule has 1 fully saturated rings. The van der Waals surface area contributed by atoms with Crippen LogP contribution in [0.5, 0.6) is 0 Å². The van der Waals surface area contributed by atoms with Crippen molar-refractivity contribution in [3.63, 3.8) is 0 Å². The van der Waals surface area contributed by atoms with Gasteiger partial charge >= 0.3 is 5.97 Å². The third-order valence-corrected chi connectivity index (χ3v) is 3.28. The van der Waals surface area contributed by atoms with Crippen LogP contribution in [-0.2, 0) is 4.79 Å². The summed E-state index contributed by atoms with van der Waals surface area (Å²) in [7, 11) is 0. The zero-order valence-corrected chi connectivity index (χ0v) is 9.36.